The van der Waals surface area contributed by atoms with E-state index in [0.717, 1.165) is 17.4 Å². The lowest BCUT2D eigenvalue weighted by Crippen LogP contribution is -2.40. The van der Waals surface area contributed by atoms with E-state index in [-0.39, 0.29) is 17.1 Å². The fraction of sp³-hybridized carbons (Fsp3) is 0.409. The maximum atomic E-state index is 12.9. The third-order valence-corrected chi connectivity index (χ3v) is 4.97. The molecule has 2 heterocycles. The van der Waals surface area contributed by atoms with Crippen LogP contribution >= 0.6 is 0 Å². The molecule has 1 aliphatic rings. The van der Waals surface area contributed by atoms with E-state index in [4.69, 9.17) is 9.47 Å². The van der Waals surface area contributed by atoms with Crippen LogP contribution in [0, 0.1) is 0 Å². The molecule has 0 fully saturated rings. The van der Waals surface area contributed by atoms with Crippen molar-refractivity contribution < 1.29 is 14.3 Å². The molecule has 0 spiro atoms. The molecule has 0 unspecified atom stereocenters. The summed E-state index contributed by atoms with van der Waals surface area (Å²) in [4.78, 5) is 37.9. The first-order valence-corrected chi connectivity index (χ1v) is 10.1. The highest BCUT2D eigenvalue weighted by atomic mass is 16.5. The molecule has 30 heavy (non-hydrogen) atoms. The number of methoxy groups -OCH3 is 1. The largest absolute Gasteiger partial charge is 0.493 e. The Balaban J connectivity index is 1.98. The standard InChI is InChI=1S/C22H27N3O5/c1-5-7-11-30-16-9-8-14(13-17(16)29-4)12-15-19(26)18-20(23-15)25(10-6-2)22(28)24(3)21(18)27/h8-9,12-13,23H,5-7,10-11H2,1-4H3/b15-12-. The van der Waals surface area contributed by atoms with Gasteiger partial charge < -0.3 is 14.8 Å². The fourth-order valence-corrected chi connectivity index (χ4v) is 3.34. The van der Waals surface area contributed by atoms with Gasteiger partial charge in [-0.3, -0.25) is 18.7 Å². The monoisotopic (exact) mass is 413 g/mol. The van der Waals surface area contributed by atoms with Gasteiger partial charge >= 0.3 is 5.69 Å². The number of fused-ring (bicyclic) bond motifs is 1. The molecule has 8 heteroatoms. The number of Topliss-reactive ketones (excluding diaryl/α,β-unsaturated/α-hetero) is 1. The highest BCUT2D eigenvalue weighted by Gasteiger charge is 2.32. The Morgan fingerprint density at radius 3 is 2.53 bits per heavy atom. The molecule has 1 N–H and O–H groups in total. The zero-order chi connectivity index (χ0) is 21.8. The number of hydrogen-bond donors (Lipinski definition) is 1. The lowest BCUT2D eigenvalue weighted by molar-refractivity contribution is 0.104. The van der Waals surface area contributed by atoms with Crippen LogP contribution in [0.5, 0.6) is 11.5 Å². The zero-order valence-corrected chi connectivity index (χ0v) is 17.8. The number of carbonyl (C=O) groups excluding carboxylic acids is 1. The summed E-state index contributed by atoms with van der Waals surface area (Å²) in [6.45, 7) is 5.02. The summed E-state index contributed by atoms with van der Waals surface area (Å²) in [7, 11) is 2.94. The summed E-state index contributed by atoms with van der Waals surface area (Å²) in [5.74, 6) is 1.01. The second-order valence-corrected chi connectivity index (χ2v) is 7.15. The van der Waals surface area contributed by atoms with Crippen molar-refractivity contribution in [3.63, 3.8) is 0 Å². The first-order chi connectivity index (χ1) is 14.4. The van der Waals surface area contributed by atoms with Gasteiger partial charge in [-0.1, -0.05) is 26.3 Å². The molecule has 0 radical (unpaired) electrons. The van der Waals surface area contributed by atoms with Gasteiger partial charge in [0.2, 0.25) is 5.78 Å². The maximum absolute atomic E-state index is 12.9. The van der Waals surface area contributed by atoms with Crippen molar-refractivity contribution in [1.29, 1.82) is 0 Å². The molecule has 0 atom stereocenters. The Labute approximate surface area is 174 Å². The number of rotatable bonds is 8. The van der Waals surface area contributed by atoms with Gasteiger partial charge in [-0.15, -0.1) is 0 Å². The molecular weight excluding hydrogens is 386 g/mol. The van der Waals surface area contributed by atoms with Crippen molar-refractivity contribution in [2.45, 2.75) is 39.7 Å². The Bertz CT molecular complexity index is 1110. The van der Waals surface area contributed by atoms with Gasteiger partial charge in [0.1, 0.15) is 11.4 Å². The number of carbonyl (C=O) groups is 1. The average molecular weight is 413 g/mol. The van der Waals surface area contributed by atoms with E-state index in [1.165, 1.54) is 11.6 Å². The summed E-state index contributed by atoms with van der Waals surface area (Å²) in [5.41, 5.74) is -0.111. The van der Waals surface area contributed by atoms with Crippen LogP contribution in [0.15, 0.2) is 33.5 Å². The number of allylic oxidation sites excluding steroid dienone is 1. The van der Waals surface area contributed by atoms with Crippen molar-refractivity contribution in [2.75, 3.05) is 19.0 Å². The van der Waals surface area contributed by atoms with Gasteiger partial charge in [-0.05, 0) is 36.6 Å². The minimum Gasteiger partial charge on any atom is -0.493 e. The predicted molar refractivity (Wildman–Crippen MR) is 116 cm³/mol. The smallest absolute Gasteiger partial charge is 0.332 e. The normalized spacial score (nSPS) is 14.0. The number of nitrogens with one attached hydrogen (secondary N) is 1. The third kappa shape index (κ3) is 3.90. The number of aromatic nitrogens is 2. The summed E-state index contributed by atoms with van der Waals surface area (Å²) in [5, 5.41) is 2.98. The van der Waals surface area contributed by atoms with Crippen molar-refractivity contribution in [2.24, 2.45) is 7.05 Å². The summed E-state index contributed by atoms with van der Waals surface area (Å²) in [6.07, 6.45) is 4.31. The third-order valence-electron chi connectivity index (χ3n) is 4.97. The van der Waals surface area contributed by atoms with Crippen LogP contribution in [0.1, 0.15) is 49.0 Å². The lowest BCUT2D eigenvalue weighted by Gasteiger charge is -2.12. The van der Waals surface area contributed by atoms with Gasteiger partial charge in [0.15, 0.2) is 11.5 Å². The van der Waals surface area contributed by atoms with Gasteiger partial charge in [0, 0.05) is 13.6 Å². The topological polar surface area (TPSA) is 91.6 Å². The number of anilines is 1. The second kappa shape index (κ2) is 9.02. The van der Waals surface area contributed by atoms with Crippen molar-refractivity contribution >= 4 is 17.7 Å². The van der Waals surface area contributed by atoms with Gasteiger partial charge in [-0.25, -0.2) is 4.79 Å². The molecule has 0 amide bonds. The Hall–Kier alpha value is -3.29. The van der Waals surface area contributed by atoms with Crippen molar-refractivity contribution in [3.8, 4) is 11.5 Å². The number of unbranched alkanes of at least 4 members (excludes halogenated alkanes) is 1. The van der Waals surface area contributed by atoms with Crippen molar-refractivity contribution in [3.05, 3.63) is 55.9 Å². The quantitative estimate of drug-likeness (QED) is 0.529. The van der Waals surface area contributed by atoms with E-state index < -0.39 is 17.0 Å². The number of benzene rings is 1. The van der Waals surface area contributed by atoms with E-state index in [1.807, 2.05) is 13.0 Å². The Morgan fingerprint density at radius 2 is 1.87 bits per heavy atom. The van der Waals surface area contributed by atoms with E-state index in [2.05, 4.69) is 12.2 Å². The number of nitrogens with zero attached hydrogens (tertiary/aromatic N) is 2. The van der Waals surface area contributed by atoms with Crippen LogP contribution in [0.3, 0.4) is 0 Å². The first kappa shape index (κ1) is 21.4. The summed E-state index contributed by atoms with van der Waals surface area (Å²) in [6, 6.07) is 5.37. The number of hydrogen-bond acceptors (Lipinski definition) is 6. The maximum Gasteiger partial charge on any atom is 0.332 e. The zero-order valence-electron chi connectivity index (χ0n) is 17.8. The highest BCUT2D eigenvalue weighted by molar-refractivity contribution is 6.19. The van der Waals surface area contributed by atoms with Crippen LogP contribution < -0.4 is 26.0 Å². The molecular formula is C22H27N3O5. The molecule has 3 rings (SSSR count). The Morgan fingerprint density at radius 1 is 1.10 bits per heavy atom. The highest BCUT2D eigenvalue weighted by Crippen LogP contribution is 2.31. The predicted octanol–water partition coefficient (Wildman–Crippen LogP) is 2.79. The number of ether oxygens (including phenoxy) is 2. The molecule has 0 bridgehead atoms. The molecule has 160 valence electrons. The van der Waals surface area contributed by atoms with Gasteiger partial charge in [-0.2, -0.15) is 0 Å². The average Bonchev–Trinajstić information content (AvgIpc) is 3.06. The van der Waals surface area contributed by atoms with Crippen LogP contribution in [-0.4, -0.2) is 28.6 Å². The van der Waals surface area contributed by atoms with Gasteiger partial charge in [0.25, 0.3) is 5.56 Å². The molecule has 0 aliphatic carbocycles. The minimum atomic E-state index is -0.597. The van der Waals surface area contributed by atoms with E-state index in [1.54, 1.807) is 25.3 Å². The first-order valence-electron chi connectivity index (χ1n) is 10.1. The fourth-order valence-electron chi connectivity index (χ4n) is 3.34. The molecule has 2 aromatic rings. The van der Waals surface area contributed by atoms with Crippen LogP contribution in [0.25, 0.3) is 6.08 Å². The minimum absolute atomic E-state index is 0.0108. The van der Waals surface area contributed by atoms with Crippen molar-refractivity contribution in [1.82, 2.24) is 9.13 Å². The Kier molecular flexibility index (Phi) is 6.44. The lowest BCUT2D eigenvalue weighted by atomic mass is 10.1. The molecule has 1 aromatic carbocycles. The summed E-state index contributed by atoms with van der Waals surface area (Å²) < 4.78 is 13.6. The van der Waals surface area contributed by atoms with Crippen LogP contribution in [-0.2, 0) is 13.6 Å². The summed E-state index contributed by atoms with van der Waals surface area (Å²) >= 11 is 0. The van der Waals surface area contributed by atoms with E-state index in [0.29, 0.717) is 36.6 Å². The van der Waals surface area contributed by atoms with Gasteiger partial charge in [0.05, 0.1) is 19.4 Å². The van der Waals surface area contributed by atoms with E-state index >= 15 is 0 Å². The van der Waals surface area contributed by atoms with Crippen LogP contribution in [0.4, 0.5) is 5.82 Å². The number of ketones is 1. The van der Waals surface area contributed by atoms with Crippen LogP contribution in [0.2, 0.25) is 0 Å². The molecule has 1 aromatic heterocycles. The SMILES string of the molecule is CCCCOc1ccc(/C=C2\Nc3c(c(=O)n(C)c(=O)n3CCC)C2=O)cc1OC. The van der Waals surface area contributed by atoms with E-state index in [9.17, 15) is 14.4 Å². The molecule has 0 saturated heterocycles. The second-order valence-electron chi connectivity index (χ2n) is 7.15. The molecule has 8 nitrogen and oxygen atoms in total. The molecule has 1 aliphatic heterocycles. The molecule has 0 saturated carbocycles.